The summed E-state index contributed by atoms with van der Waals surface area (Å²) in [5.41, 5.74) is 3.35. The molecule has 0 saturated heterocycles. The minimum Gasteiger partial charge on any atom is -0.361 e. The number of H-pyrrole nitrogens is 1. The lowest BCUT2D eigenvalue weighted by Gasteiger charge is -2.07. The summed E-state index contributed by atoms with van der Waals surface area (Å²) in [6.07, 6.45) is 2.35. The molecule has 3 nitrogen and oxygen atoms in total. The number of nitrogens with one attached hydrogen (secondary N) is 2. The molecule has 2 aromatic rings. The third kappa shape index (κ3) is 2.67. The van der Waals surface area contributed by atoms with Crippen molar-refractivity contribution < 1.29 is 4.79 Å². The Kier molecular flexibility index (Phi) is 3.18. The first-order valence-electron chi connectivity index (χ1n) is 5.92. The summed E-state index contributed by atoms with van der Waals surface area (Å²) < 4.78 is 0. The van der Waals surface area contributed by atoms with Crippen molar-refractivity contribution in [3.8, 4) is 0 Å². The number of carbonyl (C=O) groups excluding carboxylic acids is 1. The molecule has 1 aromatic heterocycles. The van der Waals surface area contributed by atoms with Crippen LogP contribution in [0.3, 0.4) is 0 Å². The number of rotatable bonds is 3. The lowest BCUT2D eigenvalue weighted by Crippen LogP contribution is -2.31. The van der Waals surface area contributed by atoms with Gasteiger partial charge in [0.15, 0.2) is 0 Å². The molecule has 1 aromatic carbocycles. The van der Waals surface area contributed by atoms with E-state index in [1.54, 1.807) is 0 Å². The first-order chi connectivity index (χ1) is 8.06. The number of aryl methyl sites for hydroxylation is 1. The van der Waals surface area contributed by atoms with Gasteiger partial charge in [0.1, 0.15) is 0 Å². The Morgan fingerprint density at radius 2 is 2.18 bits per heavy atom. The van der Waals surface area contributed by atoms with Crippen LogP contribution in [0.5, 0.6) is 0 Å². The molecular weight excluding hydrogens is 212 g/mol. The van der Waals surface area contributed by atoms with Crippen LogP contribution in [0.2, 0.25) is 0 Å². The predicted molar refractivity (Wildman–Crippen MR) is 70.0 cm³/mol. The van der Waals surface area contributed by atoms with Crippen molar-refractivity contribution in [3.63, 3.8) is 0 Å². The molecule has 0 saturated carbocycles. The average molecular weight is 230 g/mol. The van der Waals surface area contributed by atoms with Gasteiger partial charge < -0.3 is 10.3 Å². The van der Waals surface area contributed by atoms with E-state index in [4.69, 9.17) is 0 Å². The maximum atomic E-state index is 11.7. The lowest BCUT2D eigenvalue weighted by molar-refractivity contribution is -0.120. The normalized spacial score (nSPS) is 11.1. The molecule has 0 aliphatic heterocycles. The molecule has 3 heteroatoms. The summed E-state index contributed by atoms with van der Waals surface area (Å²) in [7, 11) is 0. The largest absolute Gasteiger partial charge is 0.361 e. The molecule has 2 N–H and O–H groups in total. The zero-order chi connectivity index (χ0) is 12.4. The smallest absolute Gasteiger partial charge is 0.224 e. The minimum absolute atomic E-state index is 0.0717. The quantitative estimate of drug-likeness (QED) is 0.836. The van der Waals surface area contributed by atoms with Crippen LogP contribution in [0.1, 0.15) is 25.0 Å². The zero-order valence-corrected chi connectivity index (χ0v) is 10.5. The van der Waals surface area contributed by atoms with Crippen LogP contribution in [-0.2, 0) is 11.2 Å². The number of fused-ring (bicyclic) bond motifs is 1. The Hall–Kier alpha value is -1.77. The monoisotopic (exact) mass is 230 g/mol. The van der Waals surface area contributed by atoms with E-state index < -0.39 is 0 Å². The van der Waals surface area contributed by atoms with Crippen LogP contribution in [0, 0.1) is 6.92 Å². The van der Waals surface area contributed by atoms with Gasteiger partial charge in [-0.2, -0.15) is 0 Å². The van der Waals surface area contributed by atoms with Crippen molar-refractivity contribution in [2.75, 3.05) is 0 Å². The summed E-state index contributed by atoms with van der Waals surface area (Å²) in [5.74, 6) is 0.0717. The highest BCUT2D eigenvalue weighted by atomic mass is 16.1. The van der Waals surface area contributed by atoms with Gasteiger partial charge in [0.05, 0.1) is 6.42 Å². The molecule has 2 rings (SSSR count). The summed E-state index contributed by atoms with van der Waals surface area (Å²) in [5, 5.41) is 4.05. The molecule has 0 aliphatic rings. The fourth-order valence-corrected chi connectivity index (χ4v) is 1.98. The number of hydrogen-bond acceptors (Lipinski definition) is 1. The number of hydrogen-bond donors (Lipinski definition) is 2. The van der Waals surface area contributed by atoms with E-state index in [0.29, 0.717) is 6.42 Å². The minimum atomic E-state index is 0.0717. The molecule has 0 fully saturated rings. The summed E-state index contributed by atoms with van der Waals surface area (Å²) >= 11 is 0. The SMILES string of the molecule is Cc1ccc2[nH]cc(CC(=O)NC(C)C)c2c1. The molecule has 0 atom stereocenters. The Labute approximate surface area is 101 Å². The number of amides is 1. The molecule has 90 valence electrons. The van der Waals surface area contributed by atoms with Crippen molar-refractivity contribution >= 4 is 16.8 Å². The van der Waals surface area contributed by atoms with Gasteiger partial charge in [0, 0.05) is 23.1 Å². The Morgan fingerprint density at radius 3 is 2.88 bits per heavy atom. The van der Waals surface area contributed by atoms with Gasteiger partial charge in [0.25, 0.3) is 0 Å². The average Bonchev–Trinajstić information content (AvgIpc) is 2.60. The standard InChI is InChI=1S/C14H18N2O/c1-9(2)16-14(17)7-11-8-15-13-5-4-10(3)6-12(11)13/h4-6,8-9,15H,7H2,1-3H3,(H,16,17). The first kappa shape index (κ1) is 11.7. The fourth-order valence-electron chi connectivity index (χ4n) is 1.98. The molecule has 0 unspecified atom stereocenters. The van der Waals surface area contributed by atoms with Crippen LogP contribution < -0.4 is 5.32 Å². The van der Waals surface area contributed by atoms with Crippen LogP contribution in [-0.4, -0.2) is 16.9 Å². The topological polar surface area (TPSA) is 44.9 Å². The zero-order valence-electron chi connectivity index (χ0n) is 10.5. The molecular formula is C14H18N2O. The van der Waals surface area contributed by atoms with Gasteiger partial charge in [-0.15, -0.1) is 0 Å². The molecule has 1 heterocycles. The maximum absolute atomic E-state index is 11.7. The molecule has 0 aliphatic carbocycles. The fraction of sp³-hybridized carbons (Fsp3) is 0.357. The van der Waals surface area contributed by atoms with E-state index in [1.807, 2.05) is 20.0 Å². The molecule has 0 bridgehead atoms. The molecule has 17 heavy (non-hydrogen) atoms. The Morgan fingerprint density at radius 1 is 1.41 bits per heavy atom. The van der Waals surface area contributed by atoms with Crippen molar-refractivity contribution in [2.24, 2.45) is 0 Å². The molecule has 1 amide bonds. The second kappa shape index (κ2) is 4.62. The number of aromatic nitrogens is 1. The van der Waals surface area contributed by atoms with Gasteiger partial charge in [0.2, 0.25) is 5.91 Å². The number of benzene rings is 1. The first-order valence-corrected chi connectivity index (χ1v) is 5.92. The second-order valence-electron chi connectivity index (χ2n) is 4.76. The number of carbonyl (C=O) groups is 1. The van der Waals surface area contributed by atoms with Crippen molar-refractivity contribution in [2.45, 2.75) is 33.2 Å². The van der Waals surface area contributed by atoms with Crippen LogP contribution in [0.4, 0.5) is 0 Å². The van der Waals surface area contributed by atoms with Crippen LogP contribution in [0.15, 0.2) is 24.4 Å². The van der Waals surface area contributed by atoms with Gasteiger partial charge >= 0.3 is 0 Å². The van der Waals surface area contributed by atoms with Crippen LogP contribution in [0.25, 0.3) is 10.9 Å². The van der Waals surface area contributed by atoms with Crippen LogP contribution >= 0.6 is 0 Å². The van der Waals surface area contributed by atoms with Crippen molar-refractivity contribution in [1.29, 1.82) is 0 Å². The Bertz CT molecular complexity index is 540. The van der Waals surface area contributed by atoms with E-state index in [0.717, 1.165) is 16.5 Å². The molecule has 0 radical (unpaired) electrons. The summed E-state index contributed by atoms with van der Waals surface area (Å²) in [6.45, 7) is 6.00. The van der Waals surface area contributed by atoms with Gasteiger partial charge in [-0.25, -0.2) is 0 Å². The second-order valence-corrected chi connectivity index (χ2v) is 4.76. The third-order valence-electron chi connectivity index (χ3n) is 2.72. The summed E-state index contributed by atoms with van der Waals surface area (Å²) in [6, 6.07) is 6.42. The highest BCUT2D eigenvalue weighted by Gasteiger charge is 2.09. The highest BCUT2D eigenvalue weighted by molar-refractivity contribution is 5.89. The maximum Gasteiger partial charge on any atom is 0.224 e. The third-order valence-corrected chi connectivity index (χ3v) is 2.72. The number of aromatic amines is 1. The highest BCUT2D eigenvalue weighted by Crippen LogP contribution is 2.20. The predicted octanol–water partition coefficient (Wildman–Crippen LogP) is 2.54. The lowest BCUT2D eigenvalue weighted by atomic mass is 10.1. The van der Waals surface area contributed by atoms with E-state index in [-0.39, 0.29) is 11.9 Å². The van der Waals surface area contributed by atoms with E-state index >= 15 is 0 Å². The van der Waals surface area contributed by atoms with E-state index in [9.17, 15) is 4.79 Å². The van der Waals surface area contributed by atoms with E-state index in [1.165, 1.54) is 5.56 Å². The van der Waals surface area contributed by atoms with Gasteiger partial charge in [-0.05, 0) is 38.5 Å². The summed E-state index contributed by atoms with van der Waals surface area (Å²) in [4.78, 5) is 14.9. The van der Waals surface area contributed by atoms with E-state index in [2.05, 4.69) is 35.4 Å². The van der Waals surface area contributed by atoms with Gasteiger partial charge in [-0.3, -0.25) is 4.79 Å². The van der Waals surface area contributed by atoms with Gasteiger partial charge in [-0.1, -0.05) is 11.6 Å². The van der Waals surface area contributed by atoms with Crippen molar-refractivity contribution in [1.82, 2.24) is 10.3 Å². The molecule has 0 spiro atoms. The Balaban J connectivity index is 2.24. The van der Waals surface area contributed by atoms with Crippen molar-refractivity contribution in [3.05, 3.63) is 35.5 Å².